The quantitative estimate of drug-likeness (QED) is 0.719. The highest BCUT2D eigenvalue weighted by atomic mass is 35.5. The molecule has 0 saturated carbocycles. The number of pyridine rings is 1. The zero-order valence-corrected chi connectivity index (χ0v) is 19.0. The summed E-state index contributed by atoms with van der Waals surface area (Å²) in [6.45, 7) is 9.10. The molecule has 0 unspecified atom stereocenters. The number of ether oxygens (including phenoxy) is 1. The van der Waals surface area contributed by atoms with E-state index in [1.54, 1.807) is 34.1 Å². The number of halogens is 1. The average molecular weight is 440 g/mol. The van der Waals surface area contributed by atoms with E-state index in [0.717, 1.165) is 16.9 Å². The summed E-state index contributed by atoms with van der Waals surface area (Å²) in [6, 6.07) is 4.14. The molecular formula is C20H26ClN3O4S. The summed E-state index contributed by atoms with van der Waals surface area (Å²) in [5, 5.41) is 2.80. The Kier molecular flexibility index (Phi) is 6.93. The number of hydrogen-bond acceptors (Lipinski definition) is 5. The van der Waals surface area contributed by atoms with Crippen molar-refractivity contribution in [1.82, 2.24) is 15.0 Å². The number of amides is 1. The summed E-state index contributed by atoms with van der Waals surface area (Å²) in [5.41, 5.74) is 1.90. The number of carbonyl (C=O) groups is 1. The van der Waals surface area contributed by atoms with Crippen molar-refractivity contribution in [3.63, 3.8) is 0 Å². The molecule has 158 valence electrons. The van der Waals surface area contributed by atoms with Gasteiger partial charge in [-0.15, -0.1) is 0 Å². The Labute approximate surface area is 176 Å². The van der Waals surface area contributed by atoms with Crippen molar-refractivity contribution in [2.45, 2.75) is 51.6 Å². The van der Waals surface area contributed by atoms with Gasteiger partial charge in [0.25, 0.3) is 5.91 Å². The summed E-state index contributed by atoms with van der Waals surface area (Å²) in [6.07, 6.45) is 1.68. The first-order chi connectivity index (χ1) is 13.4. The standard InChI is InChI=1S/C20H26ClN3O4S/c1-12-10-22-16(13(2)18(12)28-6)11-23-19(25)14-7-8-15(21)17(9-14)29(26,27)24-20(3,4)5/h7-10,24H,11H2,1-6H3,(H,23,25). The van der Waals surface area contributed by atoms with Gasteiger partial charge in [-0.25, -0.2) is 13.1 Å². The zero-order chi connectivity index (χ0) is 22.0. The van der Waals surface area contributed by atoms with Gasteiger partial charge in [0.1, 0.15) is 10.6 Å². The van der Waals surface area contributed by atoms with Crippen LogP contribution >= 0.6 is 11.6 Å². The monoisotopic (exact) mass is 439 g/mol. The second-order valence-corrected chi connectivity index (χ2v) is 9.79. The minimum Gasteiger partial charge on any atom is -0.496 e. The third-order valence-corrected chi connectivity index (χ3v) is 6.33. The highest BCUT2D eigenvalue weighted by Gasteiger charge is 2.25. The first-order valence-corrected chi connectivity index (χ1v) is 10.8. The van der Waals surface area contributed by atoms with Crippen LogP contribution in [0.5, 0.6) is 5.75 Å². The summed E-state index contributed by atoms with van der Waals surface area (Å²) in [5.74, 6) is 0.284. The molecule has 2 rings (SSSR count). The van der Waals surface area contributed by atoms with Crippen molar-refractivity contribution in [3.8, 4) is 5.75 Å². The largest absolute Gasteiger partial charge is 0.496 e. The fraction of sp³-hybridized carbons (Fsp3) is 0.400. The predicted octanol–water partition coefficient (Wildman–Crippen LogP) is 3.37. The molecule has 0 spiro atoms. The first kappa shape index (κ1) is 23.1. The van der Waals surface area contributed by atoms with Gasteiger partial charge >= 0.3 is 0 Å². The van der Waals surface area contributed by atoms with Gasteiger partial charge in [-0.1, -0.05) is 11.6 Å². The van der Waals surface area contributed by atoms with Crippen LogP contribution in [0.3, 0.4) is 0 Å². The minimum atomic E-state index is -3.88. The fourth-order valence-corrected chi connectivity index (χ4v) is 4.77. The van der Waals surface area contributed by atoms with Gasteiger partial charge in [0, 0.05) is 28.4 Å². The van der Waals surface area contributed by atoms with Crippen molar-refractivity contribution < 1.29 is 17.9 Å². The van der Waals surface area contributed by atoms with Crippen molar-refractivity contribution >= 4 is 27.5 Å². The van der Waals surface area contributed by atoms with E-state index in [1.807, 2.05) is 13.8 Å². The Morgan fingerprint density at radius 3 is 2.48 bits per heavy atom. The molecular weight excluding hydrogens is 414 g/mol. The third-order valence-electron chi connectivity index (χ3n) is 4.09. The van der Waals surface area contributed by atoms with Crippen LogP contribution in [0.1, 0.15) is 48.0 Å². The number of sulfonamides is 1. The molecule has 0 bridgehead atoms. The van der Waals surface area contributed by atoms with Crippen LogP contribution < -0.4 is 14.8 Å². The van der Waals surface area contributed by atoms with E-state index in [0.29, 0.717) is 5.69 Å². The van der Waals surface area contributed by atoms with Crippen LogP contribution in [-0.2, 0) is 16.6 Å². The van der Waals surface area contributed by atoms with Crippen LogP contribution in [0.4, 0.5) is 0 Å². The molecule has 0 aliphatic heterocycles. The molecule has 9 heteroatoms. The summed E-state index contributed by atoms with van der Waals surface area (Å²) >= 11 is 6.08. The molecule has 7 nitrogen and oxygen atoms in total. The normalized spacial score (nSPS) is 12.0. The van der Waals surface area contributed by atoms with E-state index >= 15 is 0 Å². The predicted molar refractivity (Wildman–Crippen MR) is 113 cm³/mol. The Bertz CT molecular complexity index is 1030. The van der Waals surface area contributed by atoms with Gasteiger partial charge in [-0.2, -0.15) is 0 Å². The lowest BCUT2D eigenvalue weighted by Crippen LogP contribution is -2.40. The number of rotatable bonds is 6. The molecule has 0 atom stereocenters. The number of hydrogen-bond donors (Lipinski definition) is 2. The van der Waals surface area contributed by atoms with Crippen LogP contribution in [0, 0.1) is 13.8 Å². The number of nitrogens with one attached hydrogen (secondary N) is 2. The second-order valence-electron chi connectivity index (χ2n) is 7.73. The van der Waals surface area contributed by atoms with Crippen LogP contribution in [-0.4, -0.2) is 32.0 Å². The maximum Gasteiger partial charge on any atom is 0.251 e. The number of nitrogens with zero attached hydrogens (tertiary/aromatic N) is 1. The fourth-order valence-electron chi connectivity index (χ4n) is 2.82. The number of aromatic nitrogens is 1. The zero-order valence-electron chi connectivity index (χ0n) is 17.4. The topological polar surface area (TPSA) is 97.4 Å². The van der Waals surface area contributed by atoms with E-state index in [1.165, 1.54) is 18.2 Å². The van der Waals surface area contributed by atoms with E-state index in [-0.39, 0.29) is 22.0 Å². The van der Waals surface area contributed by atoms with Gasteiger partial charge < -0.3 is 10.1 Å². The molecule has 2 aromatic rings. The lowest BCUT2D eigenvalue weighted by Gasteiger charge is -2.21. The molecule has 0 fully saturated rings. The Balaban J connectivity index is 2.25. The molecule has 1 aromatic heterocycles. The van der Waals surface area contributed by atoms with E-state index < -0.39 is 21.5 Å². The molecule has 0 radical (unpaired) electrons. The molecule has 2 N–H and O–H groups in total. The molecule has 29 heavy (non-hydrogen) atoms. The van der Waals surface area contributed by atoms with E-state index in [9.17, 15) is 13.2 Å². The molecule has 0 aliphatic carbocycles. The summed E-state index contributed by atoms with van der Waals surface area (Å²) in [7, 11) is -2.30. The minimum absolute atomic E-state index is 0.0408. The SMILES string of the molecule is COc1c(C)cnc(CNC(=O)c2ccc(Cl)c(S(=O)(=O)NC(C)(C)C)c2)c1C. The number of methoxy groups -OCH3 is 1. The lowest BCUT2D eigenvalue weighted by atomic mass is 10.1. The molecule has 1 heterocycles. The molecule has 0 saturated heterocycles. The maximum absolute atomic E-state index is 12.6. The van der Waals surface area contributed by atoms with Crippen LogP contribution in [0.2, 0.25) is 5.02 Å². The number of benzene rings is 1. The molecule has 1 amide bonds. The van der Waals surface area contributed by atoms with Crippen molar-refractivity contribution in [2.24, 2.45) is 0 Å². The second kappa shape index (κ2) is 8.69. The Hall–Kier alpha value is -2.16. The highest BCUT2D eigenvalue weighted by molar-refractivity contribution is 7.89. The van der Waals surface area contributed by atoms with E-state index in [2.05, 4.69) is 15.0 Å². The van der Waals surface area contributed by atoms with Gasteiger partial charge in [-0.3, -0.25) is 9.78 Å². The lowest BCUT2D eigenvalue weighted by molar-refractivity contribution is 0.0950. The van der Waals surface area contributed by atoms with Crippen LogP contribution in [0.15, 0.2) is 29.3 Å². The number of aryl methyl sites for hydroxylation is 1. The average Bonchev–Trinajstić information content (AvgIpc) is 2.59. The van der Waals surface area contributed by atoms with Gasteiger partial charge in [0.15, 0.2) is 0 Å². The maximum atomic E-state index is 12.6. The van der Waals surface area contributed by atoms with Gasteiger partial charge in [0.05, 0.1) is 24.4 Å². The van der Waals surface area contributed by atoms with Gasteiger partial charge in [0.2, 0.25) is 10.0 Å². The van der Waals surface area contributed by atoms with Crippen molar-refractivity contribution in [1.29, 1.82) is 0 Å². The van der Waals surface area contributed by atoms with E-state index in [4.69, 9.17) is 16.3 Å². The Morgan fingerprint density at radius 2 is 1.90 bits per heavy atom. The van der Waals surface area contributed by atoms with Crippen molar-refractivity contribution in [2.75, 3.05) is 7.11 Å². The Morgan fingerprint density at radius 1 is 1.24 bits per heavy atom. The summed E-state index contributed by atoms with van der Waals surface area (Å²) < 4.78 is 33.1. The van der Waals surface area contributed by atoms with Crippen LogP contribution in [0.25, 0.3) is 0 Å². The third kappa shape index (κ3) is 5.68. The first-order valence-electron chi connectivity index (χ1n) is 8.96. The number of carbonyl (C=O) groups excluding carboxylic acids is 1. The van der Waals surface area contributed by atoms with Crippen molar-refractivity contribution in [3.05, 3.63) is 51.8 Å². The summed E-state index contributed by atoms with van der Waals surface area (Å²) in [4.78, 5) is 16.8. The molecule has 1 aromatic carbocycles. The highest BCUT2D eigenvalue weighted by Crippen LogP contribution is 2.25. The molecule has 0 aliphatic rings. The van der Waals surface area contributed by atoms with Gasteiger partial charge in [-0.05, 0) is 52.8 Å². The smallest absolute Gasteiger partial charge is 0.251 e.